The van der Waals surface area contributed by atoms with Crippen molar-refractivity contribution < 1.29 is 27.4 Å². The Morgan fingerprint density at radius 3 is 2.73 bits per heavy atom. The van der Waals surface area contributed by atoms with Gasteiger partial charge in [0, 0.05) is 19.9 Å². The molecular weight excluding hydrogens is 303 g/mol. The van der Waals surface area contributed by atoms with Crippen LogP contribution < -0.4 is 10.1 Å². The quantitative estimate of drug-likeness (QED) is 0.853. The monoisotopic (exact) mass is 317 g/mol. The van der Waals surface area contributed by atoms with Gasteiger partial charge in [-0.05, 0) is 12.1 Å². The topological polar surface area (TPSA) is 64.9 Å². The van der Waals surface area contributed by atoms with E-state index in [-0.39, 0.29) is 24.5 Å². The van der Waals surface area contributed by atoms with Gasteiger partial charge >= 0.3 is 6.18 Å². The third kappa shape index (κ3) is 2.98. The number of aromatic nitrogens is 2. The van der Waals surface area contributed by atoms with Crippen molar-refractivity contribution in [3.8, 4) is 5.75 Å². The van der Waals surface area contributed by atoms with Crippen LogP contribution in [-0.4, -0.2) is 42.7 Å². The third-order valence-corrected chi connectivity index (χ3v) is 2.91. The maximum atomic E-state index is 13.1. The van der Waals surface area contributed by atoms with E-state index in [2.05, 4.69) is 10.3 Å². The lowest BCUT2D eigenvalue weighted by atomic mass is 10.3. The normalized spacial score (nSPS) is 11.7. The molecule has 0 atom stereocenters. The molecule has 22 heavy (non-hydrogen) atoms. The van der Waals surface area contributed by atoms with Gasteiger partial charge in [0.15, 0.2) is 17.1 Å². The summed E-state index contributed by atoms with van der Waals surface area (Å²) in [5, 5.41) is 2.36. The fraction of sp³-hybridized carbons (Fsp3) is 0.385. The van der Waals surface area contributed by atoms with Crippen LogP contribution in [0.4, 0.5) is 13.2 Å². The maximum Gasteiger partial charge on any atom is 0.435 e. The molecule has 2 heterocycles. The van der Waals surface area contributed by atoms with Gasteiger partial charge in [0.1, 0.15) is 5.69 Å². The molecule has 0 saturated heterocycles. The molecule has 0 aliphatic rings. The number of imidazole rings is 1. The summed E-state index contributed by atoms with van der Waals surface area (Å²) in [5.41, 5.74) is -1.92. The molecule has 0 radical (unpaired) electrons. The summed E-state index contributed by atoms with van der Waals surface area (Å²) in [4.78, 5) is 15.6. The van der Waals surface area contributed by atoms with E-state index >= 15 is 0 Å². The first-order valence-electron chi connectivity index (χ1n) is 6.29. The van der Waals surface area contributed by atoms with E-state index in [1.165, 1.54) is 32.5 Å². The minimum atomic E-state index is -4.76. The number of nitrogens with one attached hydrogen (secondary N) is 1. The summed E-state index contributed by atoms with van der Waals surface area (Å²) in [6.45, 7) is 0.275. The standard InChI is InChI=1S/C13H14F3N3O3/c1-21-7-5-17-12(20)9-10(13(14,15)16)18-11-8(22-2)4-3-6-19(9)11/h3-4,6H,5,7H2,1-2H3,(H,17,20). The summed E-state index contributed by atoms with van der Waals surface area (Å²) in [6.07, 6.45) is -3.43. The average molecular weight is 317 g/mol. The highest BCUT2D eigenvalue weighted by Crippen LogP contribution is 2.33. The largest absolute Gasteiger partial charge is 0.493 e. The summed E-state index contributed by atoms with van der Waals surface area (Å²) in [6, 6.07) is 2.94. The fourth-order valence-electron chi connectivity index (χ4n) is 1.97. The Hall–Kier alpha value is -2.29. The first-order valence-corrected chi connectivity index (χ1v) is 6.29. The number of alkyl halides is 3. The Kier molecular flexibility index (Phi) is 4.55. The fourth-order valence-corrected chi connectivity index (χ4v) is 1.97. The number of carbonyl (C=O) groups is 1. The second-order valence-electron chi connectivity index (χ2n) is 4.33. The number of methoxy groups -OCH3 is 2. The minimum Gasteiger partial charge on any atom is -0.493 e. The van der Waals surface area contributed by atoms with Crippen LogP contribution in [0, 0.1) is 0 Å². The van der Waals surface area contributed by atoms with E-state index in [0.29, 0.717) is 0 Å². The number of nitrogens with zero attached hydrogens (tertiary/aromatic N) is 2. The molecular formula is C13H14F3N3O3. The number of carbonyl (C=O) groups excluding carboxylic acids is 1. The van der Waals surface area contributed by atoms with Gasteiger partial charge in [-0.15, -0.1) is 0 Å². The predicted molar refractivity (Wildman–Crippen MR) is 71.0 cm³/mol. The van der Waals surface area contributed by atoms with Crippen LogP contribution in [0.5, 0.6) is 5.75 Å². The van der Waals surface area contributed by atoms with E-state index in [4.69, 9.17) is 9.47 Å². The van der Waals surface area contributed by atoms with Gasteiger partial charge in [0.2, 0.25) is 0 Å². The number of amides is 1. The molecule has 6 nitrogen and oxygen atoms in total. The molecule has 0 spiro atoms. The molecule has 9 heteroatoms. The Bertz CT molecular complexity index is 682. The molecule has 0 fully saturated rings. The molecule has 1 N–H and O–H groups in total. The van der Waals surface area contributed by atoms with Gasteiger partial charge in [-0.25, -0.2) is 4.98 Å². The molecule has 0 aromatic carbocycles. The summed E-state index contributed by atoms with van der Waals surface area (Å²) >= 11 is 0. The van der Waals surface area contributed by atoms with Crippen LogP contribution in [0.1, 0.15) is 16.2 Å². The van der Waals surface area contributed by atoms with E-state index in [1.807, 2.05) is 0 Å². The summed E-state index contributed by atoms with van der Waals surface area (Å²) in [7, 11) is 2.74. The van der Waals surface area contributed by atoms with Gasteiger partial charge in [-0.3, -0.25) is 9.20 Å². The number of pyridine rings is 1. The third-order valence-electron chi connectivity index (χ3n) is 2.91. The van der Waals surface area contributed by atoms with Gasteiger partial charge in [-0.2, -0.15) is 13.2 Å². The van der Waals surface area contributed by atoms with Gasteiger partial charge in [0.05, 0.1) is 13.7 Å². The van der Waals surface area contributed by atoms with Crippen molar-refractivity contribution in [2.45, 2.75) is 6.18 Å². The molecule has 2 aromatic rings. The van der Waals surface area contributed by atoms with E-state index in [1.54, 1.807) is 0 Å². The van der Waals surface area contributed by atoms with Gasteiger partial charge in [0.25, 0.3) is 5.91 Å². The second kappa shape index (κ2) is 6.22. The number of halogens is 3. The molecule has 1 amide bonds. The van der Waals surface area contributed by atoms with Crippen LogP contribution in [0.2, 0.25) is 0 Å². The molecule has 2 aromatic heterocycles. The molecule has 120 valence electrons. The zero-order valence-corrected chi connectivity index (χ0v) is 11.9. The lowest BCUT2D eigenvalue weighted by Gasteiger charge is -2.08. The molecule has 0 saturated carbocycles. The van der Waals surface area contributed by atoms with E-state index in [0.717, 1.165) is 4.40 Å². The number of rotatable bonds is 5. The van der Waals surface area contributed by atoms with Crippen molar-refractivity contribution >= 4 is 11.6 Å². The van der Waals surface area contributed by atoms with Crippen LogP contribution in [0.15, 0.2) is 18.3 Å². The van der Waals surface area contributed by atoms with Crippen LogP contribution in [0.25, 0.3) is 5.65 Å². The van der Waals surface area contributed by atoms with Crippen molar-refractivity contribution in [2.24, 2.45) is 0 Å². The molecule has 0 bridgehead atoms. The van der Waals surface area contributed by atoms with Crippen molar-refractivity contribution in [1.29, 1.82) is 0 Å². The minimum absolute atomic E-state index is 0.0748. The summed E-state index contributed by atoms with van der Waals surface area (Å²) in [5.74, 6) is -0.742. The zero-order valence-electron chi connectivity index (χ0n) is 11.9. The van der Waals surface area contributed by atoms with Crippen LogP contribution in [0.3, 0.4) is 0 Å². The predicted octanol–water partition coefficient (Wildman–Crippen LogP) is 1.74. The molecule has 0 aliphatic carbocycles. The Morgan fingerprint density at radius 2 is 2.14 bits per heavy atom. The lowest BCUT2D eigenvalue weighted by molar-refractivity contribution is -0.141. The van der Waals surface area contributed by atoms with Gasteiger partial charge in [-0.1, -0.05) is 0 Å². The number of hydrogen-bond acceptors (Lipinski definition) is 4. The smallest absolute Gasteiger partial charge is 0.435 e. The second-order valence-corrected chi connectivity index (χ2v) is 4.33. The Labute approximate surface area is 123 Å². The van der Waals surface area contributed by atoms with Gasteiger partial charge < -0.3 is 14.8 Å². The number of fused-ring (bicyclic) bond motifs is 1. The lowest BCUT2D eigenvalue weighted by Crippen LogP contribution is -2.30. The highest BCUT2D eigenvalue weighted by atomic mass is 19.4. The van der Waals surface area contributed by atoms with E-state index in [9.17, 15) is 18.0 Å². The van der Waals surface area contributed by atoms with Crippen LogP contribution in [-0.2, 0) is 10.9 Å². The van der Waals surface area contributed by atoms with Crippen LogP contribution >= 0.6 is 0 Å². The Morgan fingerprint density at radius 1 is 1.41 bits per heavy atom. The summed E-state index contributed by atoms with van der Waals surface area (Å²) < 4.78 is 50.2. The molecule has 0 unspecified atom stereocenters. The Balaban J connectivity index is 2.56. The average Bonchev–Trinajstić information content (AvgIpc) is 2.86. The molecule has 2 rings (SSSR count). The number of ether oxygens (including phenoxy) is 2. The van der Waals surface area contributed by atoms with Crippen molar-refractivity contribution in [2.75, 3.05) is 27.4 Å². The highest BCUT2D eigenvalue weighted by molar-refractivity contribution is 5.95. The maximum absolute atomic E-state index is 13.1. The SMILES string of the molecule is COCCNC(=O)c1c(C(F)(F)F)nc2c(OC)cccn12. The van der Waals surface area contributed by atoms with Crippen molar-refractivity contribution in [3.05, 3.63) is 29.7 Å². The number of hydrogen-bond donors (Lipinski definition) is 1. The molecule has 0 aliphatic heterocycles. The zero-order chi connectivity index (χ0) is 16.3. The van der Waals surface area contributed by atoms with Crippen molar-refractivity contribution in [3.63, 3.8) is 0 Å². The van der Waals surface area contributed by atoms with E-state index < -0.39 is 23.5 Å². The van der Waals surface area contributed by atoms with Crippen molar-refractivity contribution in [1.82, 2.24) is 14.7 Å². The first kappa shape index (κ1) is 16.1. The first-order chi connectivity index (χ1) is 10.4. The highest BCUT2D eigenvalue weighted by Gasteiger charge is 2.40.